The summed E-state index contributed by atoms with van der Waals surface area (Å²) in [5.41, 5.74) is 10.2. The van der Waals surface area contributed by atoms with Gasteiger partial charge in [-0.3, -0.25) is 0 Å². The summed E-state index contributed by atoms with van der Waals surface area (Å²) >= 11 is 1.87. The summed E-state index contributed by atoms with van der Waals surface area (Å²) in [6.45, 7) is 0. The third-order valence-electron chi connectivity index (χ3n) is 8.98. The molecule has 9 rings (SSSR count). The van der Waals surface area contributed by atoms with Crippen LogP contribution in [0.2, 0.25) is 0 Å². The number of hydrogen-bond acceptors (Lipinski definition) is 4. The monoisotopic (exact) mass is 643 g/mol. The van der Waals surface area contributed by atoms with Gasteiger partial charge in [0.1, 0.15) is 0 Å². The minimum atomic E-state index is 0.655. The van der Waals surface area contributed by atoms with Gasteiger partial charge < -0.3 is 0 Å². The average molecular weight is 644 g/mol. The molecule has 0 unspecified atom stereocenters. The molecule has 2 heterocycles. The van der Waals surface area contributed by atoms with Crippen molar-refractivity contribution in [2.24, 2.45) is 0 Å². The number of benzene rings is 7. The van der Waals surface area contributed by atoms with Crippen LogP contribution < -0.4 is 0 Å². The van der Waals surface area contributed by atoms with E-state index in [2.05, 4.69) is 115 Å². The van der Waals surface area contributed by atoms with E-state index in [9.17, 15) is 0 Å². The van der Waals surface area contributed by atoms with Crippen molar-refractivity contribution < 1.29 is 0 Å². The van der Waals surface area contributed by atoms with Gasteiger partial charge in [-0.05, 0) is 33.4 Å². The Balaban J connectivity index is 1.10. The molecule has 49 heavy (non-hydrogen) atoms. The predicted molar refractivity (Wildman–Crippen MR) is 205 cm³/mol. The Bertz CT molecular complexity index is 2500. The van der Waals surface area contributed by atoms with E-state index >= 15 is 0 Å². The number of thiophene rings is 1. The second-order valence-electron chi connectivity index (χ2n) is 12.0. The molecular formula is C45H29N3S. The Kier molecular flexibility index (Phi) is 7.34. The summed E-state index contributed by atoms with van der Waals surface area (Å²) in [7, 11) is 0. The highest BCUT2D eigenvalue weighted by Gasteiger charge is 2.16. The zero-order chi connectivity index (χ0) is 32.6. The Morgan fingerprint density at radius 2 is 0.592 bits per heavy atom. The lowest BCUT2D eigenvalue weighted by Crippen LogP contribution is -2.00. The fourth-order valence-electron chi connectivity index (χ4n) is 6.48. The average Bonchev–Trinajstić information content (AvgIpc) is 3.58. The molecule has 0 N–H and O–H groups in total. The highest BCUT2D eigenvalue weighted by atomic mass is 32.1. The van der Waals surface area contributed by atoms with E-state index in [4.69, 9.17) is 15.0 Å². The van der Waals surface area contributed by atoms with E-state index in [1.165, 1.54) is 48.0 Å². The summed E-state index contributed by atoms with van der Waals surface area (Å²) < 4.78 is 2.59. The molecule has 0 aliphatic heterocycles. The maximum absolute atomic E-state index is 4.92. The Labute approximate surface area is 288 Å². The van der Waals surface area contributed by atoms with Crippen LogP contribution in [0, 0.1) is 0 Å². The van der Waals surface area contributed by atoms with Crippen molar-refractivity contribution in [3.63, 3.8) is 0 Å². The second kappa shape index (κ2) is 12.4. The number of nitrogens with zero attached hydrogens (tertiary/aromatic N) is 3. The van der Waals surface area contributed by atoms with Gasteiger partial charge in [0.25, 0.3) is 0 Å². The zero-order valence-corrected chi connectivity index (χ0v) is 27.3. The minimum absolute atomic E-state index is 0.655. The first-order valence-corrected chi connectivity index (χ1v) is 17.2. The number of fused-ring (bicyclic) bond motifs is 3. The van der Waals surface area contributed by atoms with Crippen molar-refractivity contribution in [2.75, 3.05) is 0 Å². The molecule has 0 saturated heterocycles. The highest BCUT2D eigenvalue weighted by molar-refractivity contribution is 7.26. The van der Waals surface area contributed by atoms with E-state index in [0.717, 1.165) is 22.3 Å². The summed E-state index contributed by atoms with van der Waals surface area (Å²) in [4.78, 5) is 14.7. The quantitative estimate of drug-likeness (QED) is 0.181. The van der Waals surface area contributed by atoms with Crippen LogP contribution >= 0.6 is 11.3 Å². The van der Waals surface area contributed by atoms with E-state index in [-0.39, 0.29) is 0 Å². The lowest BCUT2D eigenvalue weighted by molar-refractivity contribution is 1.07. The number of aromatic nitrogens is 3. The second-order valence-corrected chi connectivity index (χ2v) is 13.0. The maximum atomic E-state index is 4.92. The first kappa shape index (κ1) is 29.0. The van der Waals surface area contributed by atoms with Crippen LogP contribution in [0.4, 0.5) is 0 Å². The van der Waals surface area contributed by atoms with Gasteiger partial charge in [0, 0.05) is 36.9 Å². The molecule has 4 heteroatoms. The Hall–Kier alpha value is -6.23. The number of hydrogen-bond donors (Lipinski definition) is 0. The van der Waals surface area contributed by atoms with Crippen molar-refractivity contribution in [2.45, 2.75) is 0 Å². The molecule has 0 aliphatic rings. The van der Waals surface area contributed by atoms with Crippen LogP contribution in [0.1, 0.15) is 0 Å². The first-order valence-electron chi connectivity index (χ1n) is 16.4. The van der Waals surface area contributed by atoms with Gasteiger partial charge in [-0.15, -0.1) is 11.3 Å². The van der Waals surface area contributed by atoms with E-state index in [1.54, 1.807) is 0 Å². The molecule has 0 aliphatic carbocycles. The molecule has 3 nitrogen and oxygen atoms in total. The van der Waals surface area contributed by atoms with Crippen LogP contribution in [0.25, 0.3) is 87.7 Å². The van der Waals surface area contributed by atoms with Gasteiger partial charge >= 0.3 is 0 Å². The predicted octanol–water partition coefficient (Wildman–Crippen LogP) is 12.2. The SMILES string of the molecule is c1ccc(-c2ccc(-c3cccc4c3sc3c(-c5ccc(-c6nc(-c7ccccc7)nc(-c7ccccc7)n6)cc5)cccc34)cc2)cc1. The third-order valence-corrected chi connectivity index (χ3v) is 10.3. The summed E-state index contributed by atoms with van der Waals surface area (Å²) in [5, 5.41) is 2.57. The van der Waals surface area contributed by atoms with Crippen molar-refractivity contribution in [1.82, 2.24) is 15.0 Å². The van der Waals surface area contributed by atoms with Crippen molar-refractivity contribution >= 4 is 31.5 Å². The Morgan fingerprint density at radius 1 is 0.265 bits per heavy atom. The zero-order valence-electron chi connectivity index (χ0n) is 26.5. The molecule has 0 spiro atoms. The van der Waals surface area contributed by atoms with Gasteiger partial charge in [0.05, 0.1) is 0 Å². The third kappa shape index (κ3) is 5.48. The molecular weight excluding hydrogens is 615 g/mol. The molecule has 0 bridgehead atoms. The van der Waals surface area contributed by atoms with Gasteiger partial charge in [-0.25, -0.2) is 15.0 Å². The lowest BCUT2D eigenvalue weighted by Gasteiger charge is -2.09. The normalized spacial score (nSPS) is 11.3. The van der Waals surface area contributed by atoms with E-state index in [1.807, 2.05) is 72.0 Å². The van der Waals surface area contributed by atoms with Gasteiger partial charge in [-0.1, -0.05) is 176 Å². The molecule has 230 valence electrons. The van der Waals surface area contributed by atoms with Crippen LogP contribution in [0.3, 0.4) is 0 Å². The Morgan fingerprint density at radius 3 is 1.02 bits per heavy atom. The van der Waals surface area contributed by atoms with Crippen LogP contribution in [-0.2, 0) is 0 Å². The van der Waals surface area contributed by atoms with Gasteiger partial charge in [0.15, 0.2) is 17.5 Å². The molecule has 2 aromatic heterocycles. The molecule has 0 radical (unpaired) electrons. The van der Waals surface area contributed by atoms with Crippen LogP contribution in [-0.4, -0.2) is 15.0 Å². The fraction of sp³-hybridized carbons (Fsp3) is 0. The molecule has 0 saturated carbocycles. The maximum Gasteiger partial charge on any atom is 0.164 e. The summed E-state index contributed by atoms with van der Waals surface area (Å²) in [6, 6.07) is 61.6. The highest BCUT2D eigenvalue weighted by Crippen LogP contribution is 2.44. The largest absolute Gasteiger partial charge is 0.208 e. The smallest absolute Gasteiger partial charge is 0.164 e. The molecule has 9 aromatic rings. The first-order chi connectivity index (χ1) is 24.3. The van der Waals surface area contributed by atoms with E-state index in [0.29, 0.717) is 17.5 Å². The standard InChI is InChI=1S/C45H29N3S/c1-4-12-30(13-5-1)31-22-24-32(25-23-31)37-18-10-20-39-40-21-11-19-38(42(40)49-41(37)39)33-26-28-36(29-27-33)45-47-43(34-14-6-2-7-15-34)46-44(48-45)35-16-8-3-9-17-35/h1-29H. The summed E-state index contributed by atoms with van der Waals surface area (Å²) in [5.74, 6) is 1.98. The topological polar surface area (TPSA) is 38.7 Å². The van der Waals surface area contributed by atoms with Gasteiger partial charge in [0.2, 0.25) is 0 Å². The van der Waals surface area contributed by atoms with Crippen molar-refractivity contribution in [3.8, 4) is 67.5 Å². The van der Waals surface area contributed by atoms with Crippen molar-refractivity contribution in [1.29, 1.82) is 0 Å². The molecule has 7 aromatic carbocycles. The summed E-state index contributed by atoms with van der Waals surface area (Å²) in [6.07, 6.45) is 0. The number of rotatable bonds is 6. The molecule has 0 amide bonds. The van der Waals surface area contributed by atoms with Crippen molar-refractivity contribution in [3.05, 3.63) is 176 Å². The lowest BCUT2D eigenvalue weighted by atomic mass is 9.98. The van der Waals surface area contributed by atoms with Crippen LogP contribution in [0.15, 0.2) is 176 Å². The molecule has 0 atom stereocenters. The fourth-order valence-corrected chi connectivity index (χ4v) is 7.86. The van der Waals surface area contributed by atoms with E-state index < -0.39 is 0 Å². The van der Waals surface area contributed by atoms with Crippen LogP contribution in [0.5, 0.6) is 0 Å². The minimum Gasteiger partial charge on any atom is -0.208 e. The molecule has 0 fully saturated rings. The van der Waals surface area contributed by atoms with Gasteiger partial charge in [-0.2, -0.15) is 0 Å².